The van der Waals surface area contributed by atoms with Crippen molar-refractivity contribution < 1.29 is 19.0 Å². The molecule has 0 radical (unpaired) electrons. The Kier molecular flexibility index (Phi) is 5.66. The van der Waals surface area contributed by atoms with Gasteiger partial charge in [0.1, 0.15) is 5.82 Å². The lowest BCUT2D eigenvalue weighted by atomic mass is 10.1. The molecule has 2 aromatic heterocycles. The quantitative estimate of drug-likeness (QED) is 0.421. The van der Waals surface area contributed by atoms with Crippen LogP contribution in [0.3, 0.4) is 0 Å². The zero-order chi connectivity index (χ0) is 21.8. The van der Waals surface area contributed by atoms with Gasteiger partial charge in [-0.3, -0.25) is 9.36 Å². The Hall–Kier alpha value is -4.13. The molecule has 31 heavy (non-hydrogen) atoms. The molecule has 0 saturated carbocycles. The largest absolute Gasteiger partial charge is 0.493 e. The van der Waals surface area contributed by atoms with Crippen LogP contribution in [0.2, 0.25) is 0 Å². The van der Waals surface area contributed by atoms with Crippen molar-refractivity contribution in [1.29, 1.82) is 0 Å². The summed E-state index contributed by atoms with van der Waals surface area (Å²) in [5.74, 6) is 1.72. The predicted molar refractivity (Wildman–Crippen MR) is 116 cm³/mol. The first-order valence-electron chi connectivity index (χ1n) is 9.57. The Bertz CT molecular complexity index is 1180. The fraction of sp³-hybridized carbons (Fsp3) is 0.125. The van der Waals surface area contributed by atoms with Crippen LogP contribution in [0.1, 0.15) is 16.2 Å². The van der Waals surface area contributed by atoms with Gasteiger partial charge >= 0.3 is 0 Å². The lowest BCUT2D eigenvalue weighted by molar-refractivity contribution is 0.102. The number of carbonyl (C=O) groups excluding carboxylic acids is 1. The van der Waals surface area contributed by atoms with E-state index >= 15 is 0 Å². The molecule has 0 bridgehead atoms. The molecule has 0 N–H and O–H groups in total. The second-order valence-corrected chi connectivity index (χ2v) is 6.62. The molecule has 0 fully saturated rings. The number of ketones is 1. The van der Waals surface area contributed by atoms with Crippen molar-refractivity contribution in [3.8, 4) is 34.3 Å². The monoisotopic (exact) mass is 415 g/mol. The second kappa shape index (κ2) is 8.71. The number of rotatable bonds is 7. The minimum atomic E-state index is -0.299. The van der Waals surface area contributed by atoms with Crippen molar-refractivity contribution >= 4 is 5.78 Å². The Morgan fingerprint density at radius 3 is 2.13 bits per heavy atom. The van der Waals surface area contributed by atoms with Crippen molar-refractivity contribution in [3.05, 3.63) is 84.4 Å². The van der Waals surface area contributed by atoms with E-state index in [1.807, 2.05) is 54.7 Å². The number of benzene rings is 2. The predicted octanol–water partition coefficient (Wildman–Crippen LogP) is 4.19. The molecule has 0 unspecified atom stereocenters. The molecule has 156 valence electrons. The first-order valence-corrected chi connectivity index (χ1v) is 9.57. The van der Waals surface area contributed by atoms with Crippen LogP contribution in [0.5, 0.6) is 17.2 Å². The highest BCUT2D eigenvalue weighted by Gasteiger charge is 2.23. The topological polar surface area (TPSA) is 75.5 Å². The summed E-state index contributed by atoms with van der Waals surface area (Å²) in [6, 6.07) is 18.4. The third-order valence-electron chi connectivity index (χ3n) is 4.80. The average molecular weight is 415 g/mol. The molecule has 7 nitrogen and oxygen atoms in total. The van der Waals surface area contributed by atoms with Gasteiger partial charge in [0.05, 0.1) is 27.0 Å². The van der Waals surface area contributed by atoms with Gasteiger partial charge < -0.3 is 14.2 Å². The molecule has 0 amide bonds. The maximum Gasteiger partial charge on any atom is 0.229 e. The second-order valence-electron chi connectivity index (χ2n) is 6.62. The maximum absolute atomic E-state index is 13.6. The van der Waals surface area contributed by atoms with Crippen molar-refractivity contribution in [3.63, 3.8) is 0 Å². The standard InChI is InChI=1S/C24H21N3O4/c1-29-19-13-17(14-20(30-2)23(19)31-3)22(28)24-26-18(16-9-5-4-6-10-16)15-27(24)21-11-7-8-12-25-21/h4-15H,1-3H3. The van der Waals surface area contributed by atoms with Crippen LogP contribution < -0.4 is 14.2 Å². The molecule has 0 atom stereocenters. The number of hydrogen-bond donors (Lipinski definition) is 0. The Labute approximate surface area is 179 Å². The Morgan fingerprint density at radius 2 is 1.55 bits per heavy atom. The summed E-state index contributed by atoms with van der Waals surface area (Å²) in [5.41, 5.74) is 1.93. The first kappa shape index (κ1) is 20.2. The summed E-state index contributed by atoms with van der Waals surface area (Å²) >= 11 is 0. The van der Waals surface area contributed by atoms with Crippen LogP contribution >= 0.6 is 0 Å². The third kappa shape index (κ3) is 3.85. The lowest BCUT2D eigenvalue weighted by Gasteiger charge is -2.14. The number of ether oxygens (including phenoxy) is 3. The zero-order valence-electron chi connectivity index (χ0n) is 17.4. The fourth-order valence-corrected chi connectivity index (χ4v) is 3.30. The van der Waals surface area contributed by atoms with E-state index in [1.54, 1.807) is 22.9 Å². The van der Waals surface area contributed by atoms with Crippen LogP contribution in [0.15, 0.2) is 73.1 Å². The van der Waals surface area contributed by atoms with E-state index in [9.17, 15) is 4.79 Å². The highest BCUT2D eigenvalue weighted by Crippen LogP contribution is 2.38. The van der Waals surface area contributed by atoms with Gasteiger partial charge in [-0.25, -0.2) is 9.97 Å². The van der Waals surface area contributed by atoms with Crippen molar-refractivity contribution in [2.24, 2.45) is 0 Å². The zero-order valence-corrected chi connectivity index (χ0v) is 17.4. The molecule has 0 spiro atoms. The van der Waals surface area contributed by atoms with Gasteiger partial charge in [0.25, 0.3) is 0 Å². The van der Waals surface area contributed by atoms with E-state index in [4.69, 9.17) is 14.2 Å². The number of nitrogens with zero attached hydrogens (tertiary/aromatic N) is 3. The van der Waals surface area contributed by atoms with Gasteiger partial charge in [0.2, 0.25) is 11.5 Å². The molecule has 0 aliphatic rings. The van der Waals surface area contributed by atoms with E-state index in [-0.39, 0.29) is 11.6 Å². The van der Waals surface area contributed by atoms with Crippen LogP contribution in [0.25, 0.3) is 17.1 Å². The van der Waals surface area contributed by atoms with Crippen LogP contribution in [0.4, 0.5) is 0 Å². The van der Waals surface area contributed by atoms with Gasteiger partial charge in [0, 0.05) is 23.5 Å². The number of hydrogen-bond acceptors (Lipinski definition) is 6. The summed E-state index contributed by atoms with van der Waals surface area (Å²) in [7, 11) is 4.53. The van der Waals surface area contributed by atoms with Crippen molar-refractivity contribution in [2.75, 3.05) is 21.3 Å². The molecule has 2 heterocycles. The van der Waals surface area contributed by atoms with Crippen LogP contribution in [0, 0.1) is 0 Å². The van der Waals surface area contributed by atoms with E-state index in [0.29, 0.717) is 34.3 Å². The van der Waals surface area contributed by atoms with E-state index in [1.165, 1.54) is 21.3 Å². The SMILES string of the molecule is COc1cc(C(=O)c2nc(-c3ccccc3)cn2-c2ccccn2)cc(OC)c1OC. The number of imidazole rings is 1. The summed E-state index contributed by atoms with van der Waals surface area (Å²) in [4.78, 5) is 22.6. The summed E-state index contributed by atoms with van der Waals surface area (Å²) < 4.78 is 17.8. The number of aromatic nitrogens is 3. The number of methoxy groups -OCH3 is 3. The molecule has 0 saturated heterocycles. The number of pyridine rings is 1. The van der Waals surface area contributed by atoms with Crippen LogP contribution in [-0.4, -0.2) is 41.6 Å². The Balaban J connectivity index is 1.87. The third-order valence-corrected chi connectivity index (χ3v) is 4.80. The maximum atomic E-state index is 13.6. The summed E-state index contributed by atoms with van der Waals surface area (Å²) in [5, 5.41) is 0. The highest BCUT2D eigenvalue weighted by molar-refractivity contribution is 6.08. The van der Waals surface area contributed by atoms with Gasteiger partial charge in [-0.1, -0.05) is 36.4 Å². The minimum Gasteiger partial charge on any atom is -0.493 e. The van der Waals surface area contributed by atoms with Gasteiger partial charge in [-0.15, -0.1) is 0 Å². The fourth-order valence-electron chi connectivity index (χ4n) is 3.30. The average Bonchev–Trinajstić information content (AvgIpc) is 3.29. The van der Waals surface area contributed by atoms with Gasteiger partial charge in [-0.05, 0) is 24.3 Å². The highest BCUT2D eigenvalue weighted by atomic mass is 16.5. The molecular formula is C24H21N3O4. The number of carbonyl (C=O) groups is 1. The van der Waals surface area contributed by atoms with Gasteiger partial charge in [-0.2, -0.15) is 0 Å². The molecule has 7 heteroatoms. The molecule has 0 aliphatic carbocycles. The first-order chi connectivity index (χ1) is 15.2. The van der Waals surface area contributed by atoms with E-state index < -0.39 is 0 Å². The normalized spacial score (nSPS) is 10.5. The van der Waals surface area contributed by atoms with Crippen LogP contribution in [-0.2, 0) is 0 Å². The lowest BCUT2D eigenvalue weighted by Crippen LogP contribution is -2.11. The van der Waals surface area contributed by atoms with Gasteiger partial charge in [0.15, 0.2) is 17.3 Å². The molecular weight excluding hydrogens is 394 g/mol. The summed E-state index contributed by atoms with van der Waals surface area (Å²) in [6.45, 7) is 0. The van der Waals surface area contributed by atoms with E-state index in [2.05, 4.69) is 9.97 Å². The molecule has 4 aromatic rings. The van der Waals surface area contributed by atoms with E-state index in [0.717, 1.165) is 5.56 Å². The minimum absolute atomic E-state index is 0.229. The smallest absolute Gasteiger partial charge is 0.229 e. The van der Waals surface area contributed by atoms with Crippen molar-refractivity contribution in [2.45, 2.75) is 0 Å². The molecule has 4 rings (SSSR count). The molecule has 2 aromatic carbocycles. The summed E-state index contributed by atoms with van der Waals surface area (Å²) in [6.07, 6.45) is 3.48. The Morgan fingerprint density at radius 1 is 0.871 bits per heavy atom. The molecule has 0 aliphatic heterocycles. The van der Waals surface area contributed by atoms with Crippen molar-refractivity contribution in [1.82, 2.24) is 14.5 Å².